The molecule has 2 amide bonds. The number of thiophene rings is 1. The number of thioether (sulfide) groups is 1. The third-order valence-corrected chi connectivity index (χ3v) is 6.26. The number of rotatable bonds is 10. The predicted octanol–water partition coefficient (Wildman–Crippen LogP) is 3.67. The highest BCUT2D eigenvalue weighted by atomic mass is 35.5. The topological polar surface area (TPSA) is 61.4 Å². The monoisotopic (exact) mass is 439 g/mol. The lowest BCUT2D eigenvalue weighted by Gasteiger charge is -2.25. The molecule has 0 aliphatic carbocycles. The highest BCUT2D eigenvalue weighted by Gasteiger charge is 2.24. The molecule has 0 spiro atoms. The molecule has 0 saturated heterocycles. The molecule has 2 N–H and O–H groups in total. The molecule has 8 heteroatoms. The van der Waals surface area contributed by atoms with Crippen LogP contribution in [-0.2, 0) is 4.79 Å². The maximum atomic E-state index is 12.8. The smallest absolute Gasteiger partial charge is 0.253 e. The Hall–Kier alpha value is -1.54. The van der Waals surface area contributed by atoms with E-state index in [1.54, 1.807) is 47.4 Å². The number of nitrogens with one attached hydrogen (secondary N) is 2. The molecule has 28 heavy (non-hydrogen) atoms. The number of nitrogens with zero attached hydrogens (tertiary/aromatic N) is 1. The Kier molecular flexibility index (Phi) is 9.31. The summed E-state index contributed by atoms with van der Waals surface area (Å²) >= 11 is 9.41. The van der Waals surface area contributed by atoms with Crippen molar-refractivity contribution >= 4 is 46.5 Å². The number of hydrogen-bond donors (Lipinski definition) is 2. The number of benzene rings is 1. The third-order valence-electron chi connectivity index (χ3n) is 4.32. The standard InChI is InChI=1S/C20H26ClN3O2S2/c1-24(2)17(18-9-6-11-28-18)13-22-20(26)16(10-12-27-3)23-19(25)14-7-4-5-8-15(14)21/h4-9,11,16-17H,10,12-13H2,1-3H3,(H,22,26)(H,23,25)/t16-,17-/m0/s1. The van der Waals surface area contributed by atoms with Crippen LogP contribution in [0.5, 0.6) is 0 Å². The van der Waals surface area contributed by atoms with Gasteiger partial charge in [-0.2, -0.15) is 11.8 Å². The Bertz CT molecular complexity index is 769. The first-order valence-corrected chi connectivity index (χ1v) is 11.6. The number of halogens is 1. The van der Waals surface area contributed by atoms with Crippen LogP contribution in [0.3, 0.4) is 0 Å². The van der Waals surface area contributed by atoms with Gasteiger partial charge in [0.2, 0.25) is 5.91 Å². The first kappa shape index (κ1) is 22.7. The van der Waals surface area contributed by atoms with Gasteiger partial charge in [-0.05, 0) is 56.1 Å². The average Bonchev–Trinajstić information content (AvgIpc) is 3.19. The van der Waals surface area contributed by atoms with Gasteiger partial charge in [0.25, 0.3) is 5.91 Å². The lowest BCUT2D eigenvalue weighted by atomic mass is 10.1. The molecule has 2 rings (SSSR count). The summed E-state index contributed by atoms with van der Waals surface area (Å²) in [6.45, 7) is 0.476. The van der Waals surface area contributed by atoms with Gasteiger partial charge in [0.1, 0.15) is 6.04 Å². The van der Waals surface area contributed by atoms with Crippen LogP contribution in [-0.4, -0.2) is 55.4 Å². The third kappa shape index (κ3) is 6.51. The van der Waals surface area contributed by atoms with Crippen LogP contribution in [0, 0.1) is 0 Å². The van der Waals surface area contributed by atoms with Crippen LogP contribution < -0.4 is 10.6 Å². The summed E-state index contributed by atoms with van der Waals surface area (Å²) in [5.41, 5.74) is 0.371. The zero-order valence-electron chi connectivity index (χ0n) is 16.3. The summed E-state index contributed by atoms with van der Waals surface area (Å²) in [5.74, 6) is 0.246. The largest absolute Gasteiger partial charge is 0.352 e. The van der Waals surface area contributed by atoms with E-state index in [2.05, 4.69) is 21.6 Å². The number of hydrogen-bond acceptors (Lipinski definition) is 5. The molecule has 1 aromatic heterocycles. The Balaban J connectivity index is 2.03. The van der Waals surface area contributed by atoms with E-state index < -0.39 is 6.04 Å². The van der Waals surface area contributed by atoms with E-state index in [1.165, 1.54) is 4.88 Å². The minimum absolute atomic E-state index is 0.0874. The number of carbonyl (C=O) groups is 2. The summed E-state index contributed by atoms with van der Waals surface area (Å²) in [6.07, 6.45) is 2.53. The maximum Gasteiger partial charge on any atom is 0.253 e. The van der Waals surface area contributed by atoms with Crippen LogP contribution in [0.25, 0.3) is 0 Å². The van der Waals surface area contributed by atoms with E-state index in [9.17, 15) is 9.59 Å². The quantitative estimate of drug-likeness (QED) is 0.593. The lowest BCUT2D eigenvalue weighted by Crippen LogP contribution is -2.48. The molecule has 0 aliphatic heterocycles. The minimum Gasteiger partial charge on any atom is -0.352 e. The molecule has 2 atom stereocenters. The van der Waals surface area contributed by atoms with E-state index in [0.29, 0.717) is 23.6 Å². The fourth-order valence-corrected chi connectivity index (χ4v) is 4.34. The van der Waals surface area contributed by atoms with Gasteiger partial charge in [-0.3, -0.25) is 9.59 Å². The summed E-state index contributed by atoms with van der Waals surface area (Å²) in [5, 5.41) is 8.23. The highest BCUT2D eigenvalue weighted by molar-refractivity contribution is 7.98. The van der Waals surface area contributed by atoms with Gasteiger partial charge in [-0.1, -0.05) is 29.8 Å². The molecule has 0 bridgehead atoms. The Morgan fingerprint density at radius 3 is 2.57 bits per heavy atom. The van der Waals surface area contributed by atoms with Crippen LogP contribution in [0.15, 0.2) is 41.8 Å². The van der Waals surface area contributed by atoms with Crippen molar-refractivity contribution in [3.05, 3.63) is 57.2 Å². The average molecular weight is 440 g/mol. The molecule has 1 heterocycles. The van der Waals surface area contributed by atoms with E-state index in [-0.39, 0.29) is 17.9 Å². The van der Waals surface area contributed by atoms with Gasteiger partial charge < -0.3 is 15.5 Å². The fraction of sp³-hybridized carbons (Fsp3) is 0.400. The first-order valence-electron chi connectivity index (χ1n) is 8.96. The van der Waals surface area contributed by atoms with Crippen molar-refractivity contribution in [1.82, 2.24) is 15.5 Å². The predicted molar refractivity (Wildman–Crippen MR) is 119 cm³/mol. The van der Waals surface area contributed by atoms with Gasteiger partial charge in [0.15, 0.2) is 0 Å². The summed E-state index contributed by atoms with van der Waals surface area (Å²) in [7, 11) is 3.97. The van der Waals surface area contributed by atoms with Crippen molar-refractivity contribution in [1.29, 1.82) is 0 Å². The SMILES string of the molecule is CSCC[C@H](NC(=O)c1ccccc1Cl)C(=O)NC[C@@H](c1cccs1)N(C)C. The molecule has 0 saturated carbocycles. The fourth-order valence-electron chi connectivity index (χ4n) is 2.72. The van der Waals surface area contributed by atoms with E-state index in [4.69, 9.17) is 11.6 Å². The van der Waals surface area contributed by atoms with Gasteiger partial charge in [-0.25, -0.2) is 0 Å². The van der Waals surface area contributed by atoms with Crippen molar-refractivity contribution in [3.8, 4) is 0 Å². The van der Waals surface area contributed by atoms with Gasteiger partial charge in [-0.15, -0.1) is 11.3 Å². The number of carbonyl (C=O) groups excluding carboxylic acids is 2. The van der Waals surface area contributed by atoms with Crippen molar-refractivity contribution in [2.45, 2.75) is 18.5 Å². The molecule has 2 aromatic rings. The lowest BCUT2D eigenvalue weighted by molar-refractivity contribution is -0.123. The van der Waals surface area contributed by atoms with Crippen LogP contribution in [0.2, 0.25) is 5.02 Å². The van der Waals surface area contributed by atoms with Crippen molar-refractivity contribution in [3.63, 3.8) is 0 Å². The molecule has 0 radical (unpaired) electrons. The highest BCUT2D eigenvalue weighted by Crippen LogP contribution is 2.22. The Morgan fingerprint density at radius 2 is 1.96 bits per heavy atom. The maximum absolute atomic E-state index is 12.8. The van der Waals surface area contributed by atoms with Crippen LogP contribution in [0.1, 0.15) is 27.7 Å². The van der Waals surface area contributed by atoms with Crippen LogP contribution in [0.4, 0.5) is 0 Å². The minimum atomic E-state index is -0.609. The van der Waals surface area contributed by atoms with Crippen LogP contribution >= 0.6 is 34.7 Å². The zero-order valence-corrected chi connectivity index (χ0v) is 18.7. The molecule has 0 fully saturated rings. The number of likely N-dealkylation sites (N-methyl/N-ethyl adjacent to an activating group) is 1. The second-order valence-corrected chi connectivity index (χ2v) is 8.90. The molecule has 0 aliphatic rings. The molecular weight excluding hydrogens is 414 g/mol. The van der Waals surface area contributed by atoms with Crippen molar-refractivity contribution in [2.75, 3.05) is 32.6 Å². The zero-order chi connectivity index (χ0) is 20.5. The summed E-state index contributed by atoms with van der Waals surface area (Å²) in [4.78, 5) is 28.7. The van der Waals surface area contributed by atoms with Gasteiger partial charge >= 0.3 is 0 Å². The van der Waals surface area contributed by atoms with Gasteiger partial charge in [0, 0.05) is 11.4 Å². The second kappa shape index (κ2) is 11.5. The molecular formula is C20H26ClN3O2S2. The molecule has 1 aromatic carbocycles. The molecule has 0 unspecified atom stereocenters. The van der Waals surface area contributed by atoms with E-state index in [0.717, 1.165) is 5.75 Å². The van der Waals surface area contributed by atoms with E-state index in [1.807, 2.05) is 31.8 Å². The summed E-state index contributed by atoms with van der Waals surface area (Å²) in [6, 6.07) is 10.4. The van der Waals surface area contributed by atoms with Crippen molar-refractivity contribution in [2.24, 2.45) is 0 Å². The summed E-state index contributed by atoms with van der Waals surface area (Å²) < 4.78 is 0. The molecule has 152 valence electrons. The normalized spacial score (nSPS) is 13.2. The second-order valence-electron chi connectivity index (χ2n) is 6.53. The Morgan fingerprint density at radius 1 is 1.21 bits per heavy atom. The van der Waals surface area contributed by atoms with E-state index >= 15 is 0 Å². The van der Waals surface area contributed by atoms with Crippen molar-refractivity contribution < 1.29 is 9.59 Å². The van der Waals surface area contributed by atoms with Gasteiger partial charge in [0.05, 0.1) is 16.6 Å². The molecule has 5 nitrogen and oxygen atoms in total. The number of amides is 2. The first-order chi connectivity index (χ1) is 13.4. The Labute approximate surface area is 179 Å².